The lowest BCUT2D eigenvalue weighted by molar-refractivity contribution is 0.455. The molecule has 0 aliphatic heterocycles. The molecule has 70 valence electrons. The molecule has 0 amide bonds. The summed E-state index contributed by atoms with van der Waals surface area (Å²) in [6.45, 7) is 3.49. The highest BCUT2D eigenvalue weighted by molar-refractivity contribution is 9.10. The van der Waals surface area contributed by atoms with Crippen LogP contribution in [0.15, 0.2) is 29.3 Å². The summed E-state index contributed by atoms with van der Waals surface area (Å²) in [7, 11) is 0. The van der Waals surface area contributed by atoms with Crippen molar-refractivity contribution in [2.24, 2.45) is 5.73 Å². The Bertz CT molecular complexity index is 341. The van der Waals surface area contributed by atoms with E-state index in [0.717, 1.165) is 0 Å². The summed E-state index contributed by atoms with van der Waals surface area (Å²) in [6, 6.07) is 2.18. The minimum atomic E-state index is -0.516. The van der Waals surface area contributed by atoms with Crippen molar-refractivity contribution in [3.63, 3.8) is 0 Å². The van der Waals surface area contributed by atoms with Gasteiger partial charge in [-0.3, -0.25) is 0 Å². The van der Waals surface area contributed by atoms with Crippen molar-refractivity contribution in [2.45, 2.75) is 6.04 Å². The number of hydrogen-bond acceptors (Lipinski definition) is 2. The minimum Gasteiger partial charge on any atom is -0.506 e. The first-order chi connectivity index (χ1) is 6.07. The van der Waals surface area contributed by atoms with E-state index < -0.39 is 11.9 Å². The van der Waals surface area contributed by atoms with Gasteiger partial charge in [-0.25, -0.2) is 4.39 Å². The zero-order valence-corrected chi connectivity index (χ0v) is 8.38. The Labute approximate surface area is 84.0 Å². The summed E-state index contributed by atoms with van der Waals surface area (Å²) >= 11 is 2.91. The number of phenols is 1. The van der Waals surface area contributed by atoms with E-state index in [1.807, 2.05) is 0 Å². The average molecular weight is 246 g/mol. The largest absolute Gasteiger partial charge is 0.506 e. The predicted molar refractivity (Wildman–Crippen MR) is 52.9 cm³/mol. The molecule has 0 aromatic heterocycles. The Hall–Kier alpha value is -0.870. The van der Waals surface area contributed by atoms with Crippen LogP contribution >= 0.6 is 15.9 Å². The smallest absolute Gasteiger partial charge is 0.141 e. The Morgan fingerprint density at radius 3 is 2.77 bits per heavy atom. The van der Waals surface area contributed by atoms with Gasteiger partial charge in [-0.15, -0.1) is 6.58 Å². The maximum atomic E-state index is 12.9. The monoisotopic (exact) mass is 245 g/mol. The van der Waals surface area contributed by atoms with Crippen molar-refractivity contribution in [1.29, 1.82) is 0 Å². The van der Waals surface area contributed by atoms with E-state index in [2.05, 4.69) is 22.5 Å². The number of phenolic OH excluding ortho intramolecular Hbond substituents is 1. The van der Waals surface area contributed by atoms with E-state index in [9.17, 15) is 9.50 Å². The molecular weight excluding hydrogens is 237 g/mol. The van der Waals surface area contributed by atoms with Crippen molar-refractivity contribution < 1.29 is 9.50 Å². The lowest BCUT2D eigenvalue weighted by atomic mass is 10.1. The number of rotatable bonds is 2. The van der Waals surface area contributed by atoms with E-state index in [-0.39, 0.29) is 10.2 Å². The average Bonchev–Trinajstić information content (AvgIpc) is 2.13. The third-order valence-corrected chi connectivity index (χ3v) is 2.47. The second-order valence-corrected chi connectivity index (χ2v) is 3.35. The van der Waals surface area contributed by atoms with E-state index in [0.29, 0.717) is 5.56 Å². The van der Waals surface area contributed by atoms with Crippen LogP contribution in [-0.2, 0) is 0 Å². The summed E-state index contributed by atoms with van der Waals surface area (Å²) in [5, 5.41) is 9.47. The lowest BCUT2D eigenvalue weighted by Crippen LogP contribution is -2.07. The predicted octanol–water partition coefficient (Wildman–Crippen LogP) is 2.48. The number of nitrogens with two attached hydrogens (primary N) is 1. The van der Waals surface area contributed by atoms with E-state index in [1.54, 1.807) is 0 Å². The number of benzene rings is 1. The molecule has 0 aliphatic rings. The summed E-state index contributed by atoms with van der Waals surface area (Å²) in [4.78, 5) is 0. The molecule has 0 aliphatic carbocycles. The normalized spacial score (nSPS) is 12.5. The molecule has 3 N–H and O–H groups in total. The van der Waals surface area contributed by atoms with Crippen molar-refractivity contribution in [3.8, 4) is 5.75 Å². The van der Waals surface area contributed by atoms with E-state index in [1.165, 1.54) is 18.2 Å². The summed E-state index contributed by atoms with van der Waals surface area (Å²) < 4.78 is 12.9. The van der Waals surface area contributed by atoms with E-state index >= 15 is 0 Å². The van der Waals surface area contributed by atoms with Gasteiger partial charge < -0.3 is 10.8 Å². The first kappa shape index (κ1) is 10.2. The van der Waals surface area contributed by atoms with Gasteiger partial charge in [-0.2, -0.15) is 0 Å². The molecule has 13 heavy (non-hydrogen) atoms. The Morgan fingerprint density at radius 2 is 2.23 bits per heavy atom. The maximum Gasteiger partial charge on any atom is 0.141 e. The van der Waals surface area contributed by atoms with Crippen LogP contribution in [0.5, 0.6) is 5.75 Å². The number of halogens is 2. The minimum absolute atomic E-state index is 0.0299. The van der Waals surface area contributed by atoms with Gasteiger partial charge >= 0.3 is 0 Å². The van der Waals surface area contributed by atoms with Crippen molar-refractivity contribution in [1.82, 2.24) is 0 Å². The topological polar surface area (TPSA) is 46.2 Å². The van der Waals surface area contributed by atoms with Crippen LogP contribution in [0.25, 0.3) is 0 Å². The van der Waals surface area contributed by atoms with Gasteiger partial charge in [0.2, 0.25) is 0 Å². The lowest BCUT2D eigenvalue weighted by Gasteiger charge is -2.10. The molecular formula is C9H9BrFNO. The SMILES string of the molecule is C=C[C@H](N)c1ccc(F)c(Br)c1O. The van der Waals surface area contributed by atoms with Gasteiger partial charge in [0, 0.05) is 5.56 Å². The van der Waals surface area contributed by atoms with Crippen molar-refractivity contribution in [2.75, 3.05) is 0 Å². The molecule has 1 aromatic rings. The highest BCUT2D eigenvalue weighted by Crippen LogP contribution is 2.33. The highest BCUT2D eigenvalue weighted by atomic mass is 79.9. The van der Waals surface area contributed by atoms with Crippen LogP contribution in [0.2, 0.25) is 0 Å². The third kappa shape index (κ3) is 1.89. The van der Waals surface area contributed by atoms with Gasteiger partial charge in [-0.1, -0.05) is 12.1 Å². The molecule has 0 radical (unpaired) electrons. The quantitative estimate of drug-likeness (QED) is 0.787. The van der Waals surface area contributed by atoms with Crippen LogP contribution < -0.4 is 5.73 Å². The van der Waals surface area contributed by atoms with Crippen molar-refractivity contribution in [3.05, 3.63) is 40.6 Å². The fourth-order valence-electron chi connectivity index (χ4n) is 0.951. The molecule has 0 saturated carbocycles. The van der Waals surface area contributed by atoms with Gasteiger partial charge in [0.25, 0.3) is 0 Å². The molecule has 0 bridgehead atoms. The molecule has 1 atom stereocenters. The van der Waals surface area contributed by atoms with Gasteiger partial charge in [0.1, 0.15) is 11.6 Å². The van der Waals surface area contributed by atoms with E-state index in [4.69, 9.17) is 5.73 Å². The maximum absolute atomic E-state index is 12.9. The molecule has 1 aromatic carbocycles. The molecule has 0 spiro atoms. The molecule has 4 heteroatoms. The standard InChI is InChI=1S/C9H9BrFNO/c1-2-7(12)5-3-4-6(11)8(10)9(5)13/h2-4,7,13H,1,12H2/t7-/m0/s1. The Balaban J connectivity index is 3.25. The first-order valence-corrected chi connectivity index (χ1v) is 4.42. The summed E-state index contributed by atoms with van der Waals surface area (Å²) in [5.41, 5.74) is 6.04. The summed E-state index contributed by atoms with van der Waals surface area (Å²) in [6.07, 6.45) is 1.47. The van der Waals surface area contributed by atoms with Gasteiger partial charge in [0.05, 0.1) is 10.5 Å². The Kier molecular flexibility index (Phi) is 3.06. The molecule has 1 rings (SSSR count). The molecule has 0 fully saturated rings. The summed E-state index contributed by atoms with van der Waals surface area (Å²) in [5.74, 6) is -0.690. The van der Waals surface area contributed by atoms with Crippen molar-refractivity contribution >= 4 is 15.9 Å². The molecule has 0 unspecified atom stereocenters. The second-order valence-electron chi connectivity index (χ2n) is 2.56. The van der Waals surface area contributed by atoms with Crippen LogP contribution in [0, 0.1) is 5.82 Å². The molecule has 0 heterocycles. The fraction of sp³-hybridized carbons (Fsp3) is 0.111. The highest BCUT2D eigenvalue weighted by Gasteiger charge is 2.13. The number of aromatic hydroxyl groups is 1. The Morgan fingerprint density at radius 1 is 1.62 bits per heavy atom. The zero-order valence-electron chi connectivity index (χ0n) is 6.80. The van der Waals surface area contributed by atoms with Crippen LogP contribution in [0.4, 0.5) is 4.39 Å². The second kappa shape index (κ2) is 3.89. The van der Waals surface area contributed by atoms with Crippen LogP contribution in [0.1, 0.15) is 11.6 Å². The third-order valence-electron chi connectivity index (χ3n) is 1.71. The van der Waals surface area contributed by atoms with Gasteiger partial charge in [-0.05, 0) is 22.0 Å². The number of hydrogen-bond donors (Lipinski definition) is 2. The zero-order chi connectivity index (χ0) is 10.0. The molecule has 0 saturated heterocycles. The van der Waals surface area contributed by atoms with Crippen LogP contribution in [-0.4, -0.2) is 5.11 Å². The fourth-order valence-corrected chi connectivity index (χ4v) is 1.31. The molecule has 2 nitrogen and oxygen atoms in total. The van der Waals surface area contributed by atoms with Gasteiger partial charge in [0.15, 0.2) is 0 Å². The first-order valence-electron chi connectivity index (χ1n) is 3.63. The van der Waals surface area contributed by atoms with Crippen LogP contribution in [0.3, 0.4) is 0 Å².